The minimum absolute atomic E-state index is 0.154. The molecule has 170 valence electrons. The average Bonchev–Trinajstić information content (AvgIpc) is 3.30. The van der Waals surface area contributed by atoms with Gasteiger partial charge in [-0.25, -0.2) is 4.39 Å². The third-order valence-corrected chi connectivity index (χ3v) is 7.23. The molecule has 2 N–H and O–H groups in total. The van der Waals surface area contributed by atoms with E-state index in [0.29, 0.717) is 29.1 Å². The summed E-state index contributed by atoms with van der Waals surface area (Å²) >= 11 is 6.43. The molecule has 0 bridgehead atoms. The van der Waals surface area contributed by atoms with E-state index in [2.05, 4.69) is 26.3 Å². The van der Waals surface area contributed by atoms with Gasteiger partial charge in [-0.2, -0.15) is 5.26 Å². The van der Waals surface area contributed by atoms with E-state index in [9.17, 15) is 9.65 Å². The zero-order valence-electron chi connectivity index (χ0n) is 18.4. The third-order valence-electron chi connectivity index (χ3n) is 6.92. The van der Waals surface area contributed by atoms with Crippen molar-refractivity contribution in [3.05, 3.63) is 65.1 Å². The fourth-order valence-electron chi connectivity index (χ4n) is 5.17. The summed E-state index contributed by atoms with van der Waals surface area (Å²) in [6.45, 7) is 2.03. The number of benzene rings is 2. The summed E-state index contributed by atoms with van der Waals surface area (Å²) in [5, 5.41) is 14.8. The molecule has 2 unspecified atom stereocenters. The summed E-state index contributed by atoms with van der Waals surface area (Å²) in [4.78, 5) is 10.4. The predicted octanol–water partition coefficient (Wildman–Crippen LogP) is 5.78. The molecule has 2 aliphatic rings. The first-order valence-electron chi connectivity index (χ1n) is 11.6. The van der Waals surface area contributed by atoms with Crippen LogP contribution >= 0.6 is 11.6 Å². The van der Waals surface area contributed by atoms with Gasteiger partial charge in [0.2, 0.25) is 0 Å². The molecule has 1 fully saturated rings. The number of hydrogen-bond donors (Lipinski definition) is 2. The number of piperidine rings is 1. The maximum Gasteiger partial charge on any atom is 0.123 e. The number of hydrogen-bond acceptors (Lipinski definition) is 4. The molecule has 0 amide bonds. The van der Waals surface area contributed by atoms with Crippen molar-refractivity contribution in [2.24, 2.45) is 10.9 Å². The number of nitrogens with one attached hydrogen (secondary N) is 2. The first kappa shape index (κ1) is 21.9. The number of aliphatic imine (C=N–C) groups is 1. The van der Waals surface area contributed by atoms with Crippen molar-refractivity contribution >= 4 is 33.9 Å². The number of anilines is 1. The number of H-pyrrole nitrogens is 1. The van der Waals surface area contributed by atoms with E-state index in [0.717, 1.165) is 55.4 Å². The molecule has 1 saturated heterocycles. The van der Waals surface area contributed by atoms with Crippen molar-refractivity contribution in [3.63, 3.8) is 0 Å². The number of aromatic nitrogens is 1. The van der Waals surface area contributed by atoms with Gasteiger partial charge in [-0.05, 0) is 74.2 Å². The number of aromatic amines is 1. The van der Waals surface area contributed by atoms with Crippen LogP contribution in [0.3, 0.4) is 0 Å². The zero-order valence-corrected chi connectivity index (χ0v) is 19.2. The van der Waals surface area contributed by atoms with E-state index in [1.54, 1.807) is 12.1 Å². The monoisotopic (exact) mass is 463 g/mol. The van der Waals surface area contributed by atoms with Gasteiger partial charge in [-0.15, -0.1) is 0 Å². The molecule has 2 aromatic carbocycles. The predicted molar refractivity (Wildman–Crippen MR) is 131 cm³/mol. The molecule has 0 saturated carbocycles. The molecule has 0 aliphatic carbocycles. The van der Waals surface area contributed by atoms with E-state index < -0.39 is 0 Å². The number of likely N-dealkylation sites (tertiary alicyclic amines) is 1. The minimum Gasteiger partial charge on any atom is -0.364 e. The van der Waals surface area contributed by atoms with E-state index in [1.165, 1.54) is 5.56 Å². The Morgan fingerprint density at radius 1 is 1.18 bits per heavy atom. The van der Waals surface area contributed by atoms with Crippen LogP contribution in [0, 0.1) is 23.1 Å². The highest BCUT2D eigenvalue weighted by atomic mass is 35.5. The largest absolute Gasteiger partial charge is 0.364 e. The molecule has 5 rings (SSSR count). The van der Waals surface area contributed by atoms with Crippen LogP contribution in [0.5, 0.6) is 0 Å². The van der Waals surface area contributed by atoms with E-state index in [-0.39, 0.29) is 12.0 Å². The van der Waals surface area contributed by atoms with Crippen molar-refractivity contribution in [1.29, 1.82) is 5.26 Å². The number of nitriles is 1. The highest BCUT2D eigenvalue weighted by molar-refractivity contribution is 6.35. The smallest absolute Gasteiger partial charge is 0.123 e. The molecule has 7 heteroatoms. The summed E-state index contributed by atoms with van der Waals surface area (Å²) in [5.41, 5.74) is 3.68. The second-order valence-corrected chi connectivity index (χ2v) is 9.56. The molecule has 0 radical (unpaired) electrons. The molecule has 5 nitrogen and oxygen atoms in total. The second kappa shape index (κ2) is 9.54. The maximum atomic E-state index is 13.2. The summed E-state index contributed by atoms with van der Waals surface area (Å²) in [6.07, 6.45) is 6.51. The van der Waals surface area contributed by atoms with Gasteiger partial charge >= 0.3 is 0 Å². The highest BCUT2D eigenvalue weighted by Gasteiger charge is 2.31. The topological polar surface area (TPSA) is 67.2 Å². The number of fused-ring (bicyclic) bond motifs is 1. The summed E-state index contributed by atoms with van der Waals surface area (Å²) in [5.74, 6) is 0.432. The van der Waals surface area contributed by atoms with Gasteiger partial charge in [0.1, 0.15) is 23.8 Å². The molecule has 33 heavy (non-hydrogen) atoms. The van der Waals surface area contributed by atoms with Crippen LogP contribution in [0.1, 0.15) is 31.2 Å². The number of halogens is 2. The molecule has 0 spiro atoms. The molecule has 1 aromatic heterocycles. The number of nitrogens with zero attached hydrogens (tertiary/aromatic N) is 3. The van der Waals surface area contributed by atoms with Crippen LogP contribution < -0.4 is 5.32 Å². The molecule has 3 aromatic rings. The lowest BCUT2D eigenvalue weighted by atomic mass is 9.88. The van der Waals surface area contributed by atoms with Crippen molar-refractivity contribution in [2.75, 3.05) is 18.4 Å². The summed E-state index contributed by atoms with van der Waals surface area (Å²) in [7, 11) is 0. The molecule has 2 atom stereocenters. The fraction of sp³-hybridized carbons (Fsp3) is 0.385. The molecular formula is C26H27ClFN5. The van der Waals surface area contributed by atoms with Gasteiger partial charge in [0.15, 0.2) is 0 Å². The Bertz CT molecular complexity index is 1190. The SMILES string of the molecule is N#CC1=NC(Nc2cc(Cl)c3cc[nH]c3c2)CC(N2CCC(Cc3ccc(F)cc3)CC2)C1. The van der Waals surface area contributed by atoms with Crippen LogP contribution in [0.4, 0.5) is 10.1 Å². The fourth-order valence-corrected chi connectivity index (χ4v) is 5.46. The van der Waals surface area contributed by atoms with E-state index >= 15 is 0 Å². The lowest BCUT2D eigenvalue weighted by Gasteiger charge is -2.40. The summed E-state index contributed by atoms with van der Waals surface area (Å²) < 4.78 is 13.2. The van der Waals surface area contributed by atoms with Crippen LogP contribution in [-0.2, 0) is 6.42 Å². The Kier molecular flexibility index (Phi) is 6.34. The lowest BCUT2D eigenvalue weighted by molar-refractivity contribution is 0.123. The molecular weight excluding hydrogens is 437 g/mol. The van der Waals surface area contributed by atoms with Crippen LogP contribution in [0.25, 0.3) is 10.9 Å². The Morgan fingerprint density at radius 3 is 2.73 bits per heavy atom. The Balaban J connectivity index is 1.22. The van der Waals surface area contributed by atoms with Gasteiger partial charge in [-0.1, -0.05) is 23.7 Å². The van der Waals surface area contributed by atoms with Gasteiger partial charge in [0, 0.05) is 41.7 Å². The Labute approximate surface area is 198 Å². The van der Waals surface area contributed by atoms with Crippen LogP contribution in [0.15, 0.2) is 53.7 Å². The first-order valence-corrected chi connectivity index (χ1v) is 11.9. The quantitative estimate of drug-likeness (QED) is 0.504. The number of rotatable bonds is 5. The maximum absolute atomic E-state index is 13.2. The van der Waals surface area contributed by atoms with E-state index in [1.807, 2.05) is 36.5 Å². The van der Waals surface area contributed by atoms with Crippen molar-refractivity contribution in [2.45, 2.75) is 44.3 Å². The standard InChI is InChI=1S/C26H27ClFN5/c27-24-13-20(14-25-23(24)5-8-30-25)31-26-15-22(12-21(16-29)32-26)33-9-6-18(7-10-33)11-17-1-3-19(28)4-2-17/h1-5,8,13-14,18,22,26,30-31H,6-7,9-12,15H2. The van der Waals surface area contributed by atoms with Crippen LogP contribution in [-0.4, -0.2) is 40.9 Å². The third kappa shape index (κ3) is 5.05. The zero-order chi connectivity index (χ0) is 22.8. The first-order chi connectivity index (χ1) is 16.1. The Hall–Kier alpha value is -2.88. The van der Waals surface area contributed by atoms with E-state index in [4.69, 9.17) is 11.6 Å². The second-order valence-electron chi connectivity index (χ2n) is 9.15. The molecule has 3 heterocycles. The van der Waals surface area contributed by atoms with Gasteiger partial charge in [-0.3, -0.25) is 9.89 Å². The normalized spacial score (nSPS) is 22.2. The lowest BCUT2D eigenvalue weighted by Crippen LogP contribution is -2.46. The average molecular weight is 464 g/mol. The van der Waals surface area contributed by atoms with Crippen molar-refractivity contribution in [3.8, 4) is 6.07 Å². The van der Waals surface area contributed by atoms with Crippen LogP contribution in [0.2, 0.25) is 5.02 Å². The van der Waals surface area contributed by atoms with Gasteiger partial charge < -0.3 is 10.3 Å². The Morgan fingerprint density at radius 2 is 1.97 bits per heavy atom. The molecule has 2 aliphatic heterocycles. The van der Waals surface area contributed by atoms with Crippen molar-refractivity contribution < 1.29 is 4.39 Å². The summed E-state index contributed by atoms with van der Waals surface area (Å²) in [6, 6.07) is 15.4. The van der Waals surface area contributed by atoms with Crippen molar-refractivity contribution in [1.82, 2.24) is 9.88 Å². The van der Waals surface area contributed by atoms with Gasteiger partial charge in [0.25, 0.3) is 0 Å². The minimum atomic E-state index is -0.181. The highest BCUT2D eigenvalue weighted by Crippen LogP contribution is 2.30. The van der Waals surface area contributed by atoms with Gasteiger partial charge in [0.05, 0.1) is 5.02 Å².